The third-order valence-corrected chi connectivity index (χ3v) is 0.338. The average Bonchev–Trinajstić information content (AvgIpc) is 1.66. The molecule has 0 rings (SSSR count). The van der Waals surface area contributed by atoms with Gasteiger partial charge in [-0.3, -0.25) is 0 Å². The number of alkyl halides is 1. The monoisotopic (exact) mass is 121 g/mol. The van der Waals surface area contributed by atoms with Gasteiger partial charge in [0.05, 0.1) is 0 Å². The first-order valence-electron chi connectivity index (χ1n) is 2.04. The standard InChI is InChI=1S/C3H8FN3O/c4-1-2-8-7-3(5)6/h1-2H2,(H4,5,6,7). The van der Waals surface area contributed by atoms with E-state index in [2.05, 4.69) is 9.99 Å². The molecule has 0 atom stereocenters. The molecule has 4 N–H and O–H groups in total. The maximum absolute atomic E-state index is 11.2. The Balaban J connectivity index is 3.03. The van der Waals surface area contributed by atoms with E-state index in [1.165, 1.54) is 0 Å². The summed E-state index contributed by atoms with van der Waals surface area (Å²) in [6.45, 7) is -0.686. The molecule has 0 aromatic rings. The highest BCUT2D eigenvalue weighted by Gasteiger charge is 1.80. The molecule has 0 aromatic heterocycles. The van der Waals surface area contributed by atoms with Crippen LogP contribution in [0.25, 0.3) is 0 Å². The number of halogens is 1. The van der Waals surface area contributed by atoms with Crippen LogP contribution in [0.2, 0.25) is 0 Å². The van der Waals surface area contributed by atoms with Crippen molar-refractivity contribution in [1.82, 2.24) is 0 Å². The molecule has 0 heterocycles. The molecule has 0 aromatic carbocycles. The predicted molar refractivity (Wildman–Crippen MR) is 27.7 cm³/mol. The van der Waals surface area contributed by atoms with Crippen LogP contribution in [-0.2, 0) is 4.84 Å². The Kier molecular flexibility index (Phi) is 3.65. The van der Waals surface area contributed by atoms with E-state index in [1.54, 1.807) is 0 Å². The molecule has 5 heteroatoms. The maximum atomic E-state index is 11.2. The van der Waals surface area contributed by atoms with Gasteiger partial charge >= 0.3 is 0 Å². The molecule has 0 radical (unpaired) electrons. The molecular weight excluding hydrogens is 113 g/mol. The maximum Gasteiger partial charge on any atom is 0.228 e. The van der Waals surface area contributed by atoms with Gasteiger partial charge in [-0.15, -0.1) is 0 Å². The Morgan fingerprint density at radius 3 is 2.62 bits per heavy atom. The summed E-state index contributed by atoms with van der Waals surface area (Å²) >= 11 is 0. The first kappa shape index (κ1) is 7.00. The summed E-state index contributed by atoms with van der Waals surface area (Å²) in [6.07, 6.45) is 0. The minimum absolute atomic E-state index is 0.0993. The Hall–Kier alpha value is -1.00. The van der Waals surface area contributed by atoms with Crippen LogP contribution in [0, 0.1) is 0 Å². The topological polar surface area (TPSA) is 73.6 Å². The normalized spacial score (nSPS) is 8.12. The van der Waals surface area contributed by atoms with Crippen LogP contribution in [0.3, 0.4) is 0 Å². The zero-order chi connectivity index (χ0) is 6.41. The largest absolute Gasteiger partial charge is 0.390 e. The van der Waals surface area contributed by atoms with Crippen LogP contribution in [0.1, 0.15) is 0 Å². The molecule has 0 aliphatic rings. The molecule has 4 nitrogen and oxygen atoms in total. The summed E-state index contributed by atoms with van der Waals surface area (Å²) in [5.41, 5.74) is 9.63. The average molecular weight is 121 g/mol. The Labute approximate surface area is 46.3 Å². The molecule has 0 aliphatic carbocycles. The lowest BCUT2D eigenvalue weighted by Gasteiger charge is -1.91. The fourth-order valence-electron chi connectivity index (χ4n) is 0.155. The molecule has 0 amide bonds. The second-order valence-electron chi connectivity index (χ2n) is 1.04. The van der Waals surface area contributed by atoms with Gasteiger partial charge in [-0.1, -0.05) is 0 Å². The van der Waals surface area contributed by atoms with Crippen LogP contribution >= 0.6 is 0 Å². The van der Waals surface area contributed by atoms with Crippen molar-refractivity contribution in [2.24, 2.45) is 16.6 Å². The van der Waals surface area contributed by atoms with E-state index < -0.39 is 6.67 Å². The first-order valence-corrected chi connectivity index (χ1v) is 2.04. The van der Waals surface area contributed by atoms with E-state index in [1.807, 2.05) is 0 Å². The van der Waals surface area contributed by atoms with Crippen molar-refractivity contribution in [2.45, 2.75) is 0 Å². The SMILES string of the molecule is NC(N)=NOCCF. The summed E-state index contributed by atoms with van der Waals surface area (Å²) in [4.78, 5) is 4.21. The van der Waals surface area contributed by atoms with Gasteiger partial charge in [0.1, 0.15) is 13.3 Å². The van der Waals surface area contributed by atoms with Crippen LogP contribution in [-0.4, -0.2) is 19.2 Å². The van der Waals surface area contributed by atoms with Crippen molar-refractivity contribution >= 4 is 5.96 Å². The summed E-state index contributed by atoms with van der Waals surface area (Å²) in [5.74, 6) is -0.196. The van der Waals surface area contributed by atoms with Gasteiger partial charge in [0.25, 0.3) is 0 Å². The highest BCUT2D eigenvalue weighted by atomic mass is 19.1. The van der Waals surface area contributed by atoms with E-state index in [0.29, 0.717) is 0 Å². The van der Waals surface area contributed by atoms with Gasteiger partial charge in [-0.25, -0.2) is 4.39 Å². The van der Waals surface area contributed by atoms with Gasteiger partial charge in [-0.2, -0.15) is 0 Å². The number of hydrogen-bond donors (Lipinski definition) is 2. The Morgan fingerprint density at radius 2 is 2.25 bits per heavy atom. The zero-order valence-corrected chi connectivity index (χ0v) is 4.30. The molecule has 8 heavy (non-hydrogen) atoms. The molecule has 0 unspecified atom stereocenters. The van der Waals surface area contributed by atoms with Crippen LogP contribution in [0.5, 0.6) is 0 Å². The van der Waals surface area contributed by atoms with E-state index in [9.17, 15) is 4.39 Å². The number of nitrogens with zero attached hydrogens (tertiary/aromatic N) is 1. The van der Waals surface area contributed by atoms with Crippen molar-refractivity contribution in [1.29, 1.82) is 0 Å². The fourth-order valence-corrected chi connectivity index (χ4v) is 0.155. The summed E-state index contributed by atoms with van der Waals surface area (Å²) < 4.78 is 11.2. The molecule has 0 spiro atoms. The number of hydrogen-bond acceptors (Lipinski definition) is 2. The number of oxime groups is 1. The van der Waals surface area contributed by atoms with Crippen molar-refractivity contribution in [3.63, 3.8) is 0 Å². The van der Waals surface area contributed by atoms with E-state index in [0.717, 1.165) is 0 Å². The van der Waals surface area contributed by atoms with Gasteiger partial charge < -0.3 is 16.3 Å². The molecule has 0 saturated heterocycles. The lowest BCUT2D eigenvalue weighted by molar-refractivity contribution is 0.127. The van der Waals surface area contributed by atoms with E-state index in [-0.39, 0.29) is 12.6 Å². The lowest BCUT2D eigenvalue weighted by Crippen LogP contribution is -2.22. The Morgan fingerprint density at radius 1 is 1.62 bits per heavy atom. The highest BCUT2D eigenvalue weighted by molar-refractivity contribution is 5.74. The fraction of sp³-hybridized carbons (Fsp3) is 0.667. The minimum Gasteiger partial charge on any atom is -0.390 e. The van der Waals surface area contributed by atoms with Crippen molar-refractivity contribution in [3.8, 4) is 0 Å². The lowest BCUT2D eigenvalue weighted by atomic mass is 10.8. The van der Waals surface area contributed by atoms with Gasteiger partial charge in [0.2, 0.25) is 5.96 Å². The summed E-state index contributed by atoms with van der Waals surface area (Å²) in [5, 5.41) is 3.05. The number of nitrogens with two attached hydrogens (primary N) is 2. The quantitative estimate of drug-likeness (QED) is 0.221. The number of guanidine groups is 1. The van der Waals surface area contributed by atoms with Crippen molar-refractivity contribution in [2.75, 3.05) is 13.3 Å². The zero-order valence-electron chi connectivity index (χ0n) is 4.30. The smallest absolute Gasteiger partial charge is 0.228 e. The molecule has 0 bridgehead atoms. The van der Waals surface area contributed by atoms with Crippen LogP contribution in [0.4, 0.5) is 4.39 Å². The van der Waals surface area contributed by atoms with Gasteiger partial charge in [0, 0.05) is 0 Å². The van der Waals surface area contributed by atoms with Crippen molar-refractivity contribution < 1.29 is 9.23 Å². The third-order valence-electron chi connectivity index (χ3n) is 0.338. The molecule has 0 aliphatic heterocycles. The van der Waals surface area contributed by atoms with Gasteiger partial charge in [0.15, 0.2) is 0 Å². The second-order valence-corrected chi connectivity index (χ2v) is 1.04. The predicted octanol–water partition coefficient (Wildman–Crippen LogP) is -0.839. The summed E-state index contributed by atoms with van der Waals surface area (Å²) in [7, 11) is 0. The van der Waals surface area contributed by atoms with E-state index in [4.69, 9.17) is 11.5 Å². The molecule has 0 saturated carbocycles. The van der Waals surface area contributed by atoms with Gasteiger partial charge in [-0.05, 0) is 5.16 Å². The highest BCUT2D eigenvalue weighted by Crippen LogP contribution is 1.73. The second kappa shape index (κ2) is 4.17. The van der Waals surface area contributed by atoms with Crippen LogP contribution < -0.4 is 11.5 Å². The third kappa shape index (κ3) is 5.00. The van der Waals surface area contributed by atoms with E-state index >= 15 is 0 Å². The number of rotatable bonds is 3. The Bertz CT molecular complexity index is 80.6. The van der Waals surface area contributed by atoms with Crippen molar-refractivity contribution in [3.05, 3.63) is 0 Å². The summed E-state index contributed by atoms with van der Waals surface area (Å²) in [6, 6.07) is 0. The first-order chi connectivity index (χ1) is 3.77. The molecule has 0 fully saturated rings. The molecular formula is C3H8FN3O. The molecule has 48 valence electrons. The van der Waals surface area contributed by atoms with Crippen LogP contribution in [0.15, 0.2) is 5.16 Å². The minimum atomic E-state index is -0.587.